The predicted molar refractivity (Wildman–Crippen MR) is 74.9 cm³/mol. The normalized spacial score (nSPS) is 12.0. The first-order valence-corrected chi connectivity index (χ1v) is 6.46. The van der Waals surface area contributed by atoms with Crippen molar-refractivity contribution >= 4 is 0 Å². The summed E-state index contributed by atoms with van der Waals surface area (Å²) in [5, 5.41) is 0. The summed E-state index contributed by atoms with van der Waals surface area (Å²) >= 11 is 0. The van der Waals surface area contributed by atoms with E-state index in [0.717, 1.165) is 0 Å². The third-order valence-corrected chi connectivity index (χ3v) is 2.62. The Morgan fingerprint density at radius 3 is 1.81 bits per heavy atom. The van der Waals surface area contributed by atoms with Gasteiger partial charge in [-0.25, -0.2) is 0 Å². The average Bonchev–Trinajstić information content (AvgIpc) is 2.37. The molecule has 1 aromatic rings. The standard InChI is InChI=1S/C10H14.C6H12/c1-3-9(2)10-7-5-4-6-8-10;1-3-5-6-4-2/h4-9H,3H2,1-2H3;5-6H,3-4H2,1-2H3. The molecular formula is C16H26. The van der Waals surface area contributed by atoms with Gasteiger partial charge in [-0.1, -0.05) is 70.2 Å². The molecule has 1 atom stereocenters. The first-order chi connectivity index (χ1) is 7.76. The molecule has 0 heteroatoms. The van der Waals surface area contributed by atoms with Gasteiger partial charge >= 0.3 is 0 Å². The first kappa shape index (κ1) is 15.0. The second-order valence-corrected chi connectivity index (χ2v) is 4.01. The maximum atomic E-state index is 2.26. The van der Waals surface area contributed by atoms with Crippen molar-refractivity contribution in [2.45, 2.75) is 52.9 Å². The fourth-order valence-electron chi connectivity index (χ4n) is 1.35. The van der Waals surface area contributed by atoms with Crippen molar-refractivity contribution in [2.75, 3.05) is 0 Å². The van der Waals surface area contributed by atoms with E-state index in [1.54, 1.807) is 0 Å². The van der Waals surface area contributed by atoms with Crippen molar-refractivity contribution < 1.29 is 0 Å². The Labute approximate surface area is 101 Å². The molecule has 0 spiro atoms. The molecule has 0 amide bonds. The molecule has 1 rings (SSSR count). The van der Waals surface area contributed by atoms with Crippen LogP contribution in [0.3, 0.4) is 0 Å². The van der Waals surface area contributed by atoms with Crippen molar-refractivity contribution in [3.63, 3.8) is 0 Å². The summed E-state index contributed by atoms with van der Waals surface area (Å²) in [5.74, 6) is 0.709. The second kappa shape index (κ2) is 10.5. The third kappa shape index (κ3) is 7.28. The van der Waals surface area contributed by atoms with E-state index in [0.29, 0.717) is 5.92 Å². The zero-order valence-electron chi connectivity index (χ0n) is 11.2. The summed E-state index contributed by atoms with van der Waals surface area (Å²) in [6.07, 6.45) is 7.94. The smallest absolute Gasteiger partial charge is 0.0193 e. The van der Waals surface area contributed by atoms with Gasteiger partial charge in [0.25, 0.3) is 0 Å². The van der Waals surface area contributed by atoms with Gasteiger partial charge in [0.2, 0.25) is 0 Å². The average molecular weight is 218 g/mol. The highest BCUT2D eigenvalue weighted by atomic mass is 14.0. The van der Waals surface area contributed by atoms with E-state index in [1.165, 1.54) is 24.8 Å². The van der Waals surface area contributed by atoms with Crippen molar-refractivity contribution in [3.05, 3.63) is 48.0 Å². The first-order valence-electron chi connectivity index (χ1n) is 6.46. The highest BCUT2D eigenvalue weighted by molar-refractivity contribution is 5.18. The molecule has 1 aromatic carbocycles. The van der Waals surface area contributed by atoms with Gasteiger partial charge < -0.3 is 0 Å². The van der Waals surface area contributed by atoms with Gasteiger partial charge in [-0.15, -0.1) is 0 Å². The largest absolute Gasteiger partial charge is 0.0888 e. The molecular weight excluding hydrogens is 192 g/mol. The van der Waals surface area contributed by atoms with Crippen LogP contribution < -0.4 is 0 Å². The third-order valence-electron chi connectivity index (χ3n) is 2.62. The Morgan fingerprint density at radius 2 is 1.44 bits per heavy atom. The lowest BCUT2D eigenvalue weighted by Gasteiger charge is -2.06. The molecule has 1 unspecified atom stereocenters. The summed E-state index contributed by atoms with van der Waals surface area (Å²) < 4.78 is 0. The fourth-order valence-corrected chi connectivity index (χ4v) is 1.35. The molecule has 0 fully saturated rings. The van der Waals surface area contributed by atoms with Gasteiger partial charge in [0.15, 0.2) is 0 Å². The van der Waals surface area contributed by atoms with Crippen LogP contribution in [0.15, 0.2) is 42.5 Å². The van der Waals surface area contributed by atoms with Crippen LogP contribution in [0.1, 0.15) is 58.4 Å². The Hall–Kier alpha value is -1.04. The molecule has 0 bridgehead atoms. The Balaban J connectivity index is 0.000000325. The number of benzene rings is 1. The van der Waals surface area contributed by atoms with Crippen molar-refractivity contribution in [3.8, 4) is 0 Å². The molecule has 0 heterocycles. The molecule has 0 saturated heterocycles. The van der Waals surface area contributed by atoms with Crippen molar-refractivity contribution in [1.29, 1.82) is 0 Å². The Kier molecular flexibility index (Phi) is 9.80. The van der Waals surface area contributed by atoms with E-state index in [1.807, 2.05) is 0 Å². The van der Waals surface area contributed by atoms with Crippen molar-refractivity contribution in [2.24, 2.45) is 0 Å². The molecule has 0 aliphatic rings. The van der Waals surface area contributed by atoms with E-state index >= 15 is 0 Å². The van der Waals surface area contributed by atoms with E-state index in [4.69, 9.17) is 0 Å². The number of hydrogen-bond donors (Lipinski definition) is 0. The molecule has 16 heavy (non-hydrogen) atoms. The SMILES string of the molecule is CCC(C)c1ccccc1.CCC=CCC. The predicted octanol–water partition coefficient (Wildman–Crippen LogP) is 5.56. The minimum absolute atomic E-state index is 0.709. The summed E-state index contributed by atoms with van der Waals surface area (Å²) in [6.45, 7) is 8.77. The number of allylic oxidation sites excluding steroid dienone is 2. The molecule has 0 aliphatic heterocycles. The maximum absolute atomic E-state index is 2.26. The molecule has 0 N–H and O–H groups in total. The van der Waals surface area contributed by atoms with Crippen molar-refractivity contribution in [1.82, 2.24) is 0 Å². The molecule has 90 valence electrons. The zero-order chi connectivity index (χ0) is 12.2. The fraction of sp³-hybridized carbons (Fsp3) is 0.500. The quantitative estimate of drug-likeness (QED) is 0.580. The van der Waals surface area contributed by atoms with Crippen LogP contribution in [0, 0.1) is 0 Å². The maximum Gasteiger partial charge on any atom is -0.0193 e. The lowest BCUT2D eigenvalue weighted by Crippen LogP contribution is -1.88. The van der Waals surface area contributed by atoms with Gasteiger partial charge in [0, 0.05) is 0 Å². The zero-order valence-corrected chi connectivity index (χ0v) is 11.2. The van der Waals surface area contributed by atoms with E-state index in [9.17, 15) is 0 Å². The summed E-state index contributed by atoms with van der Waals surface area (Å²) in [5.41, 5.74) is 1.45. The van der Waals surface area contributed by atoms with Gasteiger partial charge in [0.05, 0.1) is 0 Å². The van der Waals surface area contributed by atoms with Crippen LogP contribution in [0.2, 0.25) is 0 Å². The summed E-state index contributed by atoms with van der Waals surface area (Å²) in [4.78, 5) is 0. The summed E-state index contributed by atoms with van der Waals surface area (Å²) in [7, 11) is 0. The monoisotopic (exact) mass is 218 g/mol. The van der Waals surface area contributed by atoms with Crippen LogP contribution in [0.4, 0.5) is 0 Å². The van der Waals surface area contributed by atoms with E-state index in [2.05, 4.69) is 70.2 Å². The minimum atomic E-state index is 0.709. The van der Waals surface area contributed by atoms with Gasteiger partial charge in [0.1, 0.15) is 0 Å². The molecule has 0 aromatic heterocycles. The Bertz CT molecular complexity index is 253. The molecule has 0 aliphatic carbocycles. The lowest BCUT2D eigenvalue weighted by molar-refractivity contribution is 0.733. The lowest BCUT2D eigenvalue weighted by atomic mass is 9.99. The Morgan fingerprint density at radius 1 is 0.938 bits per heavy atom. The number of rotatable bonds is 4. The van der Waals surface area contributed by atoms with Crippen LogP contribution in [0.5, 0.6) is 0 Å². The molecule has 0 radical (unpaired) electrons. The highest BCUT2D eigenvalue weighted by Crippen LogP contribution is 2.16. The highest BCUT2D eigenvalue weighted by Gasteiger charge is 1.98. The van der Waals surface area contributed by atoms with Gasteiger partial charge in [-0.05, 0) is 30.7 Å². The summed E-state index contributed by atoms with van der Waals surface area (Å²) in [6, 6.07) is 10.6. The van der Waals surface area contributed by atoms with Crippen LogP contribution >= 0.6 is 0 Å². The molecule has 0 nitrogen and oxygen atoms in total. The second-order valence-electron chi connectivity index (χ2n) is 4.01. The van der Waals surface area contributed by atoms with Crippen LogP contribution in [-0.4, -0.2) is 0 Å². The van der Waals surface area contributed by atoms with Gasteiger partial charge in [-0.2, -0.15) is 0 Å². The number of hydrogen-bond acceptors (Lipinski definition) is 0. The van der Waals surface area contributed by atoms with Gasteiger partial charge in [-0.3, -0.25) is 0 Å². The van der Waals surface area contributed by atoms with E-state index < -0.39 is 0 Å². The van der Waals surface area contributed by atoms with Crippen LogP contribution in [-0.2, 0) is 0 Å². The van der Waals surface area contributed by atoms with E-state index in [-0.39, 0.29) is 0 Å². The topological polar surface area (TPSA) is 0 Å². The minimum Gasteiger partial charge on any atom is -0.0888 e. The molecule has 0 saturated carbocycles. The van der Waals surface area contributed by atoms with Crippen LogP contribution in [0.25, 0.3) is 0 Å².